The predicted molar refractivity (Wildman–Crippen MR) is 126 cm³/mol. The van der Waals surface area contributed by atoms with E-state index in [0.29, 0.717) is 35.6 Å². The summed E-state index contributed by atoms with van der Waals surface area (Å²) in [6.07, 6.45) is 1.66. The Morgan fingerprint density at radius 3 is 2.55 bits per heavy atom. The molecule has 0 radical (unpaired) electrons. The van der Waals surface area contributed by atoms with E-state index in [1.165, 1.54) is 23.5 Å². The molecule has 172 valence electrons. The highest BCUT2D eigenvalue weighted by Gasteiger charge is 2.26. The Balaban J connectivity index is 1.50. The van der Waals surface area contributed by atoms with E-state index >= 15 is 0 Å². The monoisotopic (exact) mass is 469 g/mol. The van der Waals surface area contributed by atoms with Gasteiger partial charge in [-0.3, -0.25) is 9.59 Å². The third-order valence-corrected chi connectivity index (χ3v) is 6.91. The number of amides is 2. The van der Waals surface area contributed by atoms with E-state index in [0.717, 1.165) is 24.8 Å². The fourth-order valence-electron chi connectivity index (χ4n) is 4.01. The number of rotatable bonds is 5. The molecule has 1 fully saturated rings. The lowest BCUT2D eigenvalue weighted by atomic mass is 9.97. The quantitative estimate of drug-likeness (QED) is 0.506. The van der Waals surface area contributed by atoms with Crippen LogP contribution in [-0.2, 0) is 10.7 Å². The third-order valence-electron chi connectivity index (χ3n) is 5.90. The van der Waals surface area contributed by atoms with E-state index in [1.54, 1.807) is 48.7 Å². The Morgan fingerprint density at radius 2 is 1.85 bits per heavy atom. The molecule has 0 saturated carbocycles. The van der Waals surface area contributed by atoms with Crippen LogP contribution in [-0.4, -0.2) is 34.8 Å². The van der Waals surface area contributed by atoms with E-state index < -0.39 is 5.92 Å². The lowest BCUT2D eigenvalue weighted by Gasteiger charge is -2.30. The SMILES string of the molecule is CC(=O)N1CCC(c2nc(C(=O)Nc3ccccc3-c3cccc(C(C)(F)F)c3)cs2)CC1. The summed E-state index contributed by atoms with van der Waals surface area (Å²) in [5.74, 6) is -2.98. The number of para-hydroxylation sites is 1. The van der Waals surface area contributed by atoms with Crippen molar-refractivity contribution in [1.82, 2.24) is 9.88 Å². The van der Waals surface area contributed by atoms with Gasteiger partial charge in [-0.15, -0.1) is 11.3 Å². The molecule has 0 unspecified atom stereocenters. The fourth-order valence-corrected chi connectivity index (χ4v) is 4.98. The zero-order valence-corrected chi connectivity index (χ0v) is 19.3. The average Bonchev–Trinajstić information content (AvgIpc) is 3.30. The Morgan fingerprint density at radius 1 is 1.12 bits per heavy atom. The second-order valence-electron chi connectivity index (χ2n) is 8.32. The van der Waals surface area contributed by atoms with Crippen LogP contribution < -0.4 is 5.32 Å². The molecule has 1 saturated heterocycles. The zero-order chi connectivity index (χ0) is 23.6. The molecule has 1 aliphatic heterocycles. The number of anilines is 1. The highest BCUT2D eigenvalue weighted by Crippen LogP contribution is 2.34. The number of benzene rings is 2. The molecule has 2 aromatic carbocycles. The second kappa shape index (κ2) is 9.39. The van der Waals surface area contributed by atoms with Crippen LogP contribution in [0.25, 0.3) is 11.1 Å². The first-order chi connectivity index (χ1) is 15.7. The number of nitrogens with zero attached hydrogens (tertiary/aromatic N) is 2. The van der Waals surface area contributed by atoms with E-state index in [1.807, 2.05) is 4.90 Å². The maximum atomic E-state index is 13.8. The number of nitrogens with one attached hydrogen (secondary N) is 1. The molecule has 2 amide bonds. The standard InChI is InChI=1S/C25H25F2N3O2S/c1-16(31)30-12-10-17(11-13-30)24-29-22(15-33-24)23(32)28-21-9-4-3-8-20(21)18-6-5-7-19(14-18)25(2,26)27/h3-9,14-15,17H,10-13H2,1-2H3,(H,28,32). The van der Waals surface area contributed by atoms with Crippen molar-refractivity contribution in [3.8, 4) is 11.1 Å². The molecular formula is C25H25F2N3O2S. The molecule has 8 heteroatoms. The van der Waals surface area contributed by atoms with Gasteiger partial charge in [-0.25, -0.2) is 13.8 Å². The summed E-state index contributed by atoms with van der Waals surface area (Å²) in [5, 5.41) is 5.52. The molecule has 0 atom stereocenters. The first-order valence-corrected chi connectivity index (χ1v) is 11.7. The van der Waals surface area contributed by atoms with Gasteiger partial charge in [0.2, 0.25) is 5.91 Å². The van der Waals surface area contributed by atoms with E-state index in [9.17, 15) is 18.4 Å². The van der Waals surface area contributed by atoms with Gasteiger partial charge >= 0.3 is 0 Å². The van der Waals surface area contributed by atoms with Crippen LogP contribution in [0.1, 0.15) is 53.7 Å². The minimum Gasteiger partial charge on any atom is -0.343 e. The average molecular weight is 470 g/mol. The molecule has 1 aromatic heterocycles. The van der Waals surface area contributed by atoms with Crippen LogP contribution in [0.3, 0.4) is 0 Å². The molecule has 1 N–H and O–H groups in total. The maximum absolute atomic E-state index is 13.8. The van der Waals surface area contributed by atoms with Gasteiger partial charge in [0.05, 0.1) is 5.01 Å². The van der Waals surface area contributed by atoms with Crippen molar-refractivity contribution in [3.63, 3.8) is 0 Å². The summed E-state index contributed by atoms with van der Waals surface area (Å²) < 4.78 is 27.6. The predicted octanol–water partition coefficient (Wildman–Crippen LogP) is 5.90. The third kappa shape index (κ3) is 5.27. The normalized spacial score (nSPS) is 14.8. The van der Waals surface area contributed by atoms with E-state index in [2.05, 4.69) is 10.3 Å². The van der Waals surface area contributed by atoms with E-state index in [4.69, 9.17) is 0 Å². The number of piperidine rings is 1. The van der Waals surface area contributed by atoms with Gasteiger partial charge in [0, 0.05) is 55.0 Å². The van der Waals surface area contributed by atoms with Gasteiger partial charge in [0.25, 0.3) is 11.8 Å². The van der Waals surface area contributed by atoms with Gasteiger partial charge in [-0.05, 0) is 30.5 Å². The summed E-state index contributed by atoms with van der Waals surface area (Å²) in [4.78, 5) is 30.8. The van der Waals surface area contributed by atoms with Gasteiger partial charge in [-0.2, -0.15) is 0 Å². The number of likely N-dealkylation sites (tertiary alicyclic amines) is 1. The topological polar surface area (TPSA) is 62.3 Å². The number of halogens is 2. The Kier molecular flexibility index (Phi) is 6.56. The lowest BCUT2D eigenvalue weighted by molar-refractivity contribution is -0.129. The van der Waals surface area contributed by atoms with E-state index in [-0.39, 0.29) is 23.3 Å². The number of hydrogen-bond donors (Lipinski definition) is 1. The Hall–Kier alpha value is -3.13. The van der Waals surface area contributed by atoms with Crippen LogP contribution in [0.15, 0.2) is 53.9 Å². The molecular weight excluding hydrogens is 444 g/mol. The minimum atomic E-state index is -2.95. The number of thiazole rings is 1. The highest BCUT2D eigenvalue weighted by molar-refractivity contribution is 7.10. The van der Waals surface area contributed by atoms with Crippen molar-refractivity contribution < 1.29 is 18.4 Å². The molecule has 2 heterocycles. The van der Waals surface area contributed by atoms with Gasteiger partial charge < -0.3 is 10.2 Å². The Bertz CT molecular complexity index is 1160. The molecule has 0 spiro atoms. The smallest absolute Gasteiger partial charge is 0.275 e. The van der Waals surface area contributed by atoms with Crippen molar-refractivity contribution in [2.45, 2.75) is 38.5 Å². The van der Waals surface area contributed by atoms with Crippen molar-refractivity contribution in [1.29, 1.82) is 0 Å². The van der Waals surface area contributed by atoms with Crippen LogP contribution in [0.4, 0.5) is 14.5 Å². The summed E-state index contributed by atoms with van der Waals surface area (Å²) >= 11 is 1.45. The van der Waals surface area contributed by atoms with Gasteiger partial charge in [0.1, 0.15) is 5.69 Å². The van der Waals surface area contributed by atoms with Crippen molar-refractivity contribution in [3.05, 3.63) is 70.2 Å². The fraction of sp³-hybridized carbons (Fsp3) is 0.320. The first-order valence-electron chi connectivity index (χ1n) is 10.8. The highest BCUT2D eigenvalue weighted by atomic mass is 32.1. The lowest BCUT2D eigenvalue weighted by Crippen LogP contribution is -2.36. The van der Waals surface area contributed by atoms with Gasteiger partial charge in [0.15, 0.2) is 0 Å². The second-order valence-corrected chi connectivity index (χ2v) is 9.21. The summed E-state index contributed by atoms with van der Waals surface area (Å²) in [6.45, 7) is 3.84. The Labute approximate surface area is 195 Å². The first kappa shape index (κ1) is 23.0. The van der Waals surface area contributed by atoms with Crippen molar-refractivity contribution >= 4 is 28.8 Å². The van der Waals surface area contributed by atoms with Crippen LogP contribution in [0, 0.1) is 0 Å². The number of aromatic nitrogens is 1. The largest absolute Gasteiger partial charge is 0.343 e. The molecule has 0 aliphatic carbocycles. The van der Waals surface area contributed by atoms with Crippen LogP contribution in [0.2, 0.25) is 0 Å². The van der Waals surface area contributed by atoms with Crippen LogP contribution >= 0.6 is 11.3 Å². The molecule has 5 nitrogen and oxygen atoms in total. The molecule has 0 bridgehead atoms. The molecule has 33 heavy (non-hydrogen) atoms. The minimum absolute atomic E-state index is 0.0823. The summed E-state index contributed by atoms with van der Waals surface area (Å²) in [7, 11) is 0. The number of alkyl halides is 2. The number of hydrogen-bond acceptors (Lipinski definition) is 4. The number of carbonyl (C=O) groups excluding carboxylic acids is 2. The molecule has 3 aromatic rings. The van der Waals surface area contributed by atoms with Crippen molar-refractivity contribution in [2.24, 2.45) is 0 Å². The van der Waals surface area contributed by atoms with Crippen molar-refractivity contribution in [2.75, 3.05) is 18.4 Å². The summed E-state index contributed by atoms with van der Waals surface area (Å²) in [5.41, 5.74) is 2.03. The molecule has 4 rings (SSSR count). The zero-order valence-electron chi connectivity index (χ0n) is 18.5. The number of carbonyl (C=O) groups is 2. The van der Waals surface area contributed by atoms with Crippen LogP contribution in [0.5, 0.6) is 0 Å². The maximum Gasteiger partial charge on any atom is 0.275 e. The van der Waals surface area contributed by atoms with Gasteiger partial charge in [-0.1, -0.05) is 36.4 Å². The summed E-state index contributed by atoms with van der Waals surface area (Å²) in [6, 6.07) is 13.3. The molecule has 1 aliphatic rings.